The quantitative estimate of drug-likeness (QED) is 0.759. The maximum Gasteiger partial charge on any atom is 0.0968 e. The van der Waals surface area contributed by atoms with Gasteiger partial charge in [0.25, 0.3) is 0 Å². The van der Waals surface area contributed by atoms with E-state index >= 15 is 0 Å². The van der Waals surface area contributed by atoms with Crippen LogP contribution in [0.5, 0.6) is 0 Å². The van der Waals surface area contributed by atoms with Gasteiger partial charge in [0.15, 0.2) is 0 Å². The van der Waals surface area contributed by atoms with Crippen LogP contribution in [0.1, 0.15) is 30.8 Å². The Balaban J connectivity index is 2.21. The molecule has 0 spiro atoms. The fourth-order valence-electron chi connectivity index (χ4n) is 2.87. The molecule has 0 aliphatic rings. The van der Waals surface area contributed by atoms with Crippen LogP contribution in [0.2, 0.25) is 0 Å². The van der Waals surface area contributed by atoms with Gasteiger partial charge in [-0.05, 0) is 18.4 Å². The molecule has 0 atom stereocenters. The smallest absolute Gasteiger partial charge is 0.0968 e. The summed E-state index contributed by atoms with van der Waals surface area (Å²) in [5.41, 5.74) is 13.1. The second-order valence-corrected chi connectivity index (χ2v) is 5.79. The summed E-state index contributed by atoms with van der Waals surface area (Å²) in [6.45, 7) is 4.81. The Kier molecular flexibility index (Phi) is 5.02. The van der Waals surface area contributed by atoms with Crippen molar-refractivity contribution in [1.29, 1.82) is 0 Å². The molecule has 2 aromatic carbocycles. The highest BCUT2D eigenvalue weighted by molar-refractivity contribution is 5.78. The van der Waals surface area contributed by atoms with Gasteiger partial charge < -0.3 is 5.73 Å². The van der Waals surface area contributed by atoms with Crippen molar-refractivity contribution in [3.05, 3.63) is 71.5 Å². The summed E-state index contributed by atoms with van der Waals surface area (Å²) >= 11 is 0. The molecule has 24 heavy (non-hydrogen) atoms. The first-order valence-corrected chi connectivity index (χ1v) is 8.51. The summed E-state index contributed by atoms with van der Waals surface area (Å²) in [6, 6.07) is 18.6. The van der Waals surface area contributed by atoms with Gasteiger partial charge in [-0.2, -0.15) is 0 Å². The molecule has 0 aliphatic carbocycles. The molecular formula is C21H23N3. The Hall–Kier alpha value is -2.52. The number of rotatable bonds is 5. The maximum absolute atomic E-state index is 5.72. The highest BCUT2D eigenvalue weighted by atomic mass is 14.8. The van der Waals surface area contributed by atoms with Crippen LogP contribution < -0.4 is 5.73 Å². The van der Waals surface area contributed by atoms with Gasteiger partial charge in [-0.1, -0.05) is 68.4 Å². The zero-order valence-corrected chi connectivity index (χ0v) is 14.3. The number of nitrogens with two attached hydrogens (primary N) is 1. The zero-order valence-electron chi connectivity index (χ0n) is 14.3. The van der Waals surface area contributed by atoms with Crippen LogP contribution in [0, 0.1) is 0 Å². The van der Waals surface area contributed by atoms with Crippen LogP contribution in [0.3, 0.4) is 0 Å². The minimum Gasteiger partial charge on any atom is -0.326 e. The van der Waals surface area contributed by atoms with E-state index in [1.165, 1.54) is 0 Å². The summed E-state index contributed by atoms with van der Waals surface area (Å²) in [5.74, 6) is 0. The average Bonchev–Trinajstić information content (AvgIpc) is 2.67. The minimum absolute atomic E-state index is 0.548. The highest BCUT2D eigenvalue weighted by Gasteiger charge is 2.15. The first kappa shape index (κ1) is 16.3. The van der Waals surface area contributed by atoms with Crippen LogP contribution >= 0.6 is 0 Å². The van der Waals surface area contributed by atoms with Gasteiger partial charge in [0.2, 0.25) is 0 Å². The second kappa shape index (κ2) is 7.37. The molecule has 1 heterocycles. The van der Waals surface area contributed by atoms with Crippen molar-refractivity contribution < 1.29 is 0 Å². The number of benzene rings is 2. The molecular weight excluding hydrogens is 294 g/mol. The maximum atomic E-state index is 5.72. The van der Waals surface area contributed by atoms with E-state index < -0.39 is 0 Å². The monoisotopic (exact) mass is 317 g/mol. The zero-order chi connectivity index (χ0) is 16.9. The van der Waals surface area contributed by atoms with Gasteiger partial charge in [0, 0.05) is 17.7 Å². The number of hydrogen-bond donors (Lipinski definition) is 1. The van der Waals surface area contributed by atoms with Crippen LogP contribution in [0.4, 0.5) is 0 Å². The van der Waals surface area contributed by atoms with Crippen LogP contribution in [0.15, 0.2) is 54.6 Å². The Bertz CT molecular complexity index is 808. The van der Waals surface area contributed by atoms with E-state index in [9.17, 15) is 0 Å². The number of nitrogens with zero attached hydrogens (tertiary/aromatic N) is 2. The van der Waals surface area contributed by atoms with Crippen molar-refractivity contribution >= 4 is 0 Å². The lowest BCUT2D eigenvalue weighted by atomic mass is 10.0. The van der Waals surface area contributed by atoms with Crippen molar-refractivity contribution in [1.82, 2.24) is 9.97 Å². The first-order valence-electron chi connectivity index (χ1n) is 8.51. The third-order valence-corrected chi connectivity index (χ3v) is 4.23. The van der Waals surface area contributed by atoms with Gasteiger partial charge in [-0.25, -0.2) is 9.97 Å². The average molecular weight is 317 g/mol. The lowest BCUT2D eigenvalue weighted by Crippen LogP contribution is -2.04. The van der Waals surface area contributed by atoms with E-state index in [0.29, 0.717) is 6.54 Å². The molecule has 0 saturated heterocycles. The lowest BCUT2D eigenvalue weighted by Gasteiger charge is -2.14. The van der Waals surface area contributed by atoms with Crippen molar-refractivity contribution in [2.75, 3.05) is 0 Å². The molecule has 0 radical (unpaired) electrons. The molecule has 1 aromatic heterocycles. The van der Waals surface area contributed by atoms with Crippen LogP contribution in [-0.2, 0) is 19.4 Å². The third kappa shape index (κ3) is 3.22. The molecule has 122 valence electrons. The van der Waals surface area contributed by atoms with Crippen LogP contribution in [0.25, 0.3) is 22.5 Å². The van der Waals surface area contributed by atoms with Crippen LogP contribution in [-0.4, -0.2) is 9.97 Å². The summed E-state index contributed by atoms with van der Waals surface area (Å²) in [7, 11) is 0. The predicted molar refractivity (Wildman–Crippen MR) is 99.6 cm³/mol. The molecule has 0 amide bonds. The topological polar surface area (TPSA) is 51.8 Å². The molecule has 3 nitrogen and oxygen atoms in total. The molecule has 0 unspecified atom stereocenters. The normalized spacial score (nSPS) is 10.8. The van der Waals surface area contributed by atoms with Gasteiger partial charge in [0.05, 0.1) is 22.8 Å². The lowest BCUT2D eigenvalue weighted by molar-refractivity contribution is 0.911. The Morgan fingerprint density at radius 1 is 0.708 bits per heavy atom. The fourth-order valence-corrected chi connectivity index (χ4v) is 2.87. The molecule has 3 heteroatoms. The van der Waals surface area contributed by atoms with Crippen molar-refractivity contribution in [2.45, 2.75) is 33.2 Å². The predicted octanol–water partition coefficient (Wildman–Crippen LogP) is 4.39. The molecule has 0 fully saturated rings. The van der Waals surface area contributed by atoms with E-state index in [0.717, 1.165) is 52.3 Å². The summed E-state index contributed by atoms with van der Waals surface area (Å²) in [4.78, 5) is 9.93. The standard InChI is InChI=1S/C21H23N3/c1-3-18-19(4-2)24-21(17-12-10-15(14-22)11-13-17)20(23-18)16-8-6-5-7-9-16/h5-13H,3-4,14,22H2,1-2H3. The minimum atomic E-state index is 0.548. The summed E-state index contributed by atoms with van der Waals surface area (Å²) in [6.07, 6.45) is 1.78. The molecule has 2 N–H and O–H groups in total. The summed E-state index contributed by atoms with van der Waals surface area (Å²) < 4.78 is 0. The second-order valence-electron chi connectivity index (χ2n) is 5.79. The van der Waals surface area contributed by atoms with Crippen molar-refractivity contribution in [3.63, 3.8) is 0 Å². The van der Waals surface area contributed by atoms with Gasteiger partial charge in [-0.3, -0.25) is 0 Å². The Morgan fingerprint density at radius 3 is 1.67 bits per heavy atom. The molecule has 0 saturated carbocycles. The Morgan fingerprint density at radius 2 is 1.21 bits per heavy atom. The van der Waals surface area contributed by atoms with E-state index in [-0.39, 0.29) is 0 Å². The highest BCUT2D eigenvalue weighted by Crippen LogP contribution is 2.30. The number of hydrogen-bond acceptors (Lipinski definition) is 3. The van der Waals surface area contributed by atoms with Crippen molar-refractivity contribution in [2.24, 2.45) is 5.73 Å². The van der Waals surface area contributed by atoms with E-state index in [1.807, 2.05) is 18.2 Å². The summed E-state index contributed by atoms with van der Waals surface area (Å²) in [5, 5.41) is 0. The molecule has 3 aromatic rings. The first-order chi connectivity index (χ1) is 11.8. The van der Waals surface area contributed by atoms with Gasteiger partial charge in [0.1, 0.15) is 0 Å². The fraction of sp³-hybridized carbons (Fsp3) is 0.238. The van der Waals surface area contributed by atoms with E-state index in [1.54, 1.807) is 0 Å². The van der Waals surface area contributed by atoms with Gasteiger partial charge >= 0.3 is 0 Å². The molecule has 3 rings (SSSR count). The van der Waals surface area contributed by atoms with E-state index in [2.05, 4.69) is 50.2 Å². The van der Waals surface area contributed by atoms with Crippen molar-refractivity contribution in [3.8, 4) is 22.5 Å². The van der Waals surface area contributed by atoms with Gasteiger partial charge in [-0.15, -0.1) is 0 Å². The number of aromatic nitrogens is 2. The van der Waals surface area contributed by atoms with E-state index in [4.69, 9.17) is 15.7 Å². The number of aryl methyl sites for hydroxylation is 2. The largest absolute Gasteiger partial charge is 0.326 e. The molecule has 0 bridgehead atoms. The molecule has 0 aliphatic heterocycles. The third-order valence-electron chi connectivity index (χ3n) is 4.23. The SMILES string of the molecule is CCc1nc(-c2ccccc2)c(-c2ccc(CN)cc2)nc1CC. The Labute approximate surface area is 143 Å².